The lowest BCUT2D eigenvalue weighted by Crippen LogP contribution is -2.19. The largest absolute Gasteiger partial charge is 0.293 e. The van der Waals surface area contributed by atoms with Gasteiger partial charge in [0.1, 0.15) is 10.8 Å². The Hall–Kier alpha value is -0.760. The van der Waals surface area contributed by atoms with Gasteiger partial charge < -0.3 is 0 Å². The molecule has 2 heterocycles. The number of rotatable bonds is 18. The number of nitrogens with one attached hydrogen (secondary N) is 1. The quantitative estimate of drug-likeness (QED) is 0.105. The van der Waals surface area contributed by atoms with Crippen LogP contribution in [0.25, 0.3) is 5.65 Å². The molecule has 0 aliphatic carbocycles. The fraction of sp³-hybridized carbons (Fsp3) is 0.826. The summed E-state index contributed by atoms with van der Waals surface area (Å²) in [4.78, 5) is 5.34. The average molecular weight is 473 g/mol. The minimum atomic E-state index is -0.114. The van der Waals surface area contributed by atoms with Crippen molar-refractivity contribution in [1.29, 1.82) is 0 Å². The van der Waals surface area contributed by atoms with Crippen LogP contribution in [0.2, 0.25) is 5.02 Å². The molecule has 0 atom stereocenters. The van der Waals surface area contributed by atoms with Crippen molar-refractivity contribution >= 4 is 29.3 Å². The van der Waals surface area contributed by atoms with Crippen LogP contribution in [0, 0.1) is 6.92 Å². The zero-order chi connectivity index (χ0) is 22.5. The second kappa shape index (κ2) is 14.4. The Morgan fingerprint density at radius 3 is 2.26 bits per heavy atom. The van der Waals surface area contributed by atoms with E-state index in [0.717, 1.165) is 30.1 Å². The molecule has 2 rings (SSSR count). The molecule has 0 aromatic carbocycles. The molecule has 0 fully saturated rings. The summed E-state index contributed by atoms with van der Waals surface area (Å²) in [6, 6.07) is 0. The summed E-state index contributed by atoms with van der Waals surface area (Å²) < 4.78 is 7.11. The van der Waals surface area contributed by atoms with Crippen LogP contribution in [-0.2, 0) is 14.6 Å². The number of aryl methyl sites for hydroxylation is 1. The molecule has 1 N–H and O–H groups in total. The minimum absolute atomic E-state index is 0.114. The first kappa shape index (κ1) is 26.5. The first-order chi connectivity index (χ1) is 15.0. The van der Waals surface area contributed by atoms with Crippen LogP contribution in [0.3, 0.4) is 0 Å². The fourth-order valence-electron chi connectivity index (χ4n) is 3.81. The number of aromatic amines is 1. The van der Waals surface area contributed by atoms with Crippen LogP contribution in [0.4, 0.5) is 0 Å². The van der Waals surface area contributed by atoms with E-state index in [-0.39, 0.29) is 5.41 Å². The van der Waals surface area contributed by atoms with E-state index in [2.05, 4.69) is 36.1 Å². The number of nitrogens with zero attached hydrogens (tertiary/aromatic N) is 3. The molecule has 6 nitrogen and oxygen atoms in total. The molecular weight excluding hydrogens is 432 g/mol. The summed E-state index contributed by atoms with van der Waals surface area (Å²) >= 11 is 7.94. The Bertz CT molecular complexity index is 747. The van der Waals surface area contributed by atoms with Gasteiger partial charge in [-0.15, -0.1) is 10.2 Å². The highest BCUT2D eigenvalue weighted by molar-refractivity contribution is 7.94. The standard InChI is InChI=1S/C23H41ClN4O2S/c1-5-6-7-8-9-10-11-12-13-14-18-31-30-29-17-15-16-23(3,4)21-20(24)22-26-25-19(2)28(22)27-21/h27H,5-18H2,1-4H3. The maximum Gasteiger partial charge on any atom is 0.196 e. The normalized spacial score (nSPS) is 12.3. The number of halogens is 1. The minimum Gasteiger partial charge on any atom is -0.293 e. The van der Waals surface area contributed by atoms with Gasteiger partial charge in [0.05, 0.1) is 12.3 Å². The average Bonchev–Trinajstić information content (AvgIpc) is 3.28. The van der Waals surface area contributed by atoms with Gasteiger partial charge in [-0.25, -0.2) is 9.40 Å². The smallest absolute Gasteiger partial charge is 0.196 e. The van der Waals surface area contributed by atoms with Crippen molar-refractivity contribution in [3.05, 3.63) is 16.5 Å². The number of hydrogen-bond donors (Lipinski definition) is 1. The molecule has 0 bridgehead atoms. The highest BCUT2D eigenvalue weighted by atomic mass is 35.5. The molecule has 0 aliphatic rings. The van der Waals surface area contributed by atoms with E-state index in [4.69, 9.17) is 20.8 Å². The van der Waals surface area contributed by atoms with Crippen molar-refractivity contribution in [2.75, 3.05) is 12.4 Å². The van der Waals surface area contributed by atoms with Gasteiger partial charge >= 0.3 is 0 Å². The highest BCUT2D eigenvalue weighted by Gasteiger charge is 2.28. The number of hydrogen-bond acceptors (Lipinski definition) is 5. The van der Waals surface area contributed by atoms with Crippen molar-refractivity contribution in [2.45, 2.75) is 110 Å². The van der Waals surface area contributed by atoms with E-state index in [1.165, 1.54) is 76.3 Å². The van der Waals surface area contributed by atoms with E-state index in [1.807, 2.05) is 11.4 Å². The summed E-state index contributed by atoms with van der Waals surface area (Å²) in [5.41, 5.74) is 1.56. The van der Waals surface area contributed by atoms with E-state index in [1.54, 1.807) is 0 Å². The van der Waals surface area contributed by atoms with Gasteiger partial charge in [0.25, 0.3) is 0 Å². The van der Waals surface area contributed by atoms with E-state index < -0.39 is 0 Å². The van der Waals surface area contributed by atoms with E-state index in [0.29, 0.717) is 17.3 Å². The number of H-pyrrole nitrogens is 1. The number of unbranched alkanes of at least 4 members (excludes halogenated alkanes) is 9. The second-order valence-electron chi connectivity index (χ2n) is 9.09. The molecule has 2 aromatic rings. The topological polar surface area (TPSA) is 64.4 Å². The van der Waals surface area contributed by atoms with Crippen molar-refractivity contribution in [2.24, 2.45) is 0 Å². The Morgan fingerprint density at radius 1 is 0.968 bits per heavy atom. The first-order valence-electron chi connectivity index (χ1n) is 12.0. The van der Waals surface area contributed by atoms with Gasteiger partial charge in [-0.1, -0.05) is 90.2 Å². The Balaban J connectivity index is 1.46. The molecule has 0 aliphatic heterocycles. The van der Waals surface area contributed by atoms with Gasteiger partial charge in [0.2, 0.25) is 0 Å². The van der Waals surface area contributed by atoms with Gasteiger partial charge in [-0.05, 0) is 26.2 Å². The van der Waals surface area contributed by atoms with Crippen LogP contribution < -0.4 is 0 Å². The van der Waals surface area contributed by atoms with Crippen molar-refractivity contribution < 1.29 is 9.22 Å². The maximum absolute atomic E-state index is 6.52. The lowest BCUT2D eigenvalue weighted by atomic mass is 9.84. The van der Waals surface area contributed by atoms with Gasteiger partial charge in [0, 0.05) is 23.2 Å². The van der Waals surface area contributed by atoms with E-state index >= 15 is 0 Å². The molecular formula is C23H41ClN4O2S. The van der Waals surface area contributed by atoms with Gasteiger partial charge in [-0.2, -0.15) is 4.33 Å². The number of aromatic nitrogens is 4. The molecule has 0 saturated carbocycles. The zero-order valence-electron chi connectivity index (χ0n) is 19.8. The molecule has 0 amide bonds. The Labute approximate surface area is 197 Å². The molecule has 0 unspecified atom stereocenters. The second-order valence-corrected chi connectivity index (χ2v) is 10.2. The Kier molecular flexibility index (Phi) is 12.3. The first-order valence-corrected chi connectivity index (χ1v) is 13.3. The van der Waals surface area contributed by atoms with Crippen molar-refractivity contribution in [1.82, 2.24) is 19.8 Å². The van der Waals surface area contributed by atoms with Crippen LogP contribution in [0.5, 0.6) is 0 Å². The summed E-state index contributed by atoms with van der Waals surface area (Å²) in [7, 11) is 0. The molecule has 178 valence electrons. The molecule has 8 heteroatoms. The zero-order valence-corrected chi connectivity index (χ0v) is 21.4. The van der Waals surface area contributed by atoms with Crippen LogP contribution in [0.1, 0.15) is 109 Å². The summed E-state index contributed by atoms with van der Waals surface area (Å²) in [5, 5.41) is 12.2. The SMILES string of the molecule is CCCCCCCCCCCCSOOCCCC(C)(C)c1[nH]n2c(C)nnc2c1Cl. The fourth-order valence-corrected chi connectivity index (χ4v) is 4.75. The molecule has 2 aromatic heterocycles. The van der Waals surface area contributed by atoms with Crippen LogP contribution in [-0.4, -0.2) is 32.2 Å². The predicted molar refractivity (Wildman–Crippen MR) is 131 cm³/mol. The van der Waals surface area contributed by atoms with Crippen LogP contribution >= 0.6 is 23.6 Å². The summed E-state index contributed by atoms with van der Waals surface area (Å²) in [6.07, 6.45) is 15.4. The van der Waals surface area contributed by atoms with Gasteiger partial charge in [0.15, 0.2) is 5.65 Å². The summed E-state index contributed by atoms with van der Waals surface area (Å²) in [6.45, 7) is 9.10. The molecule has 31 heavy (non-hydrogen) atoms. The highest BCUT2D eigenvalue weighted by Crippen LogP contribution is 2.34. The lowest BCUT2D eigenvalue weighted by molar-refractivity contribution is -0.191. The molecule has 0 spiro atoms. The van der Waals surface area contributed by atoms with Crippen LogP contribution in [0.15, 0.2) is 0 Å². The lowest BCUT2D eigenvalue weighted by Gasteiger charge is -2.23. The third-order valence-electron chi connectivity index (χ3n) is 5.85. The van der Waals surface area contributed by atoms with Crippen molar-refractivity contribution in [3.63, 3.8) is 0 Å². The monoisotopic (exact) mass is 472 g/mol. The Morgan fingerprint density at radius 2 is 1.61 bits per heavy atom. The van der Waals surface area contributed by atoms with Crippen molar-refractivity contribution in [3.8, 4) is 0 Å². The maximum atomic E-state index is 6.52. The number of fused-ring (bicyclic) bond motifs is 1. The third-order valence-corrected chi connectivity index (χ3v) is 6.85. The predicted octanol–water partition coefficient (Wildman–Crippen LogP) is 7.59. The van der Waals surface area contributed by atoms with E-state index in [9.17, 15) is 0 Å². The van der Waals surface area contributed by atoms with Gasteiger partial charge in [-0.3, -0.25) is 5.10 Å². The third kappa shape index (κ3) is 8.95. The summed E-state index contributed by atoms with van der Waals surface area (Å²) in [5.74, 6) is 1.79. The molecule has 0 radical (unpaired) electrons. The molecule has 0 saturated heterocycles.